The van der Waals surface area contributed by atoms with E-state index >= 15 is 0 Å². The smallest absolute Gasteiger partial charge is 0.340 e. The molecule has 0 bridgehead atoms. The maximum absolute atomic E-state index is 13.7. The Kier molecular flexibility index (Phi) is 9.54. The normalized spacial score (nSPS) is 13.8. The van der Waals surface area contributed by atoms with Crippen LogP contribution in [-0.4, -0.2) is 27.3 Å². The SMILES string of the molecule is CCCc1cc(Br)c(C2(c3c(Br)cc(CCC)c(O)c3CCC)OC(=O)c3ccc(C(=O)O)cc32)c(CCC)c1O. The van der Waals surface area contributed by atoms with Crippen molar-refractivity contribution in [2.75, 3.05) is 0 Å². The number of carboxylic acid groups (broad SMARTS) is 1. The summed E-state index contributed by atoms with van der Waals surface area (Å²) in [6, 6.07) is 8.09. The first-order chi connectivity index (χ1) is 19.6. The Morgan fingerprint density at radius 3 is 1.66 bits per heavy atom. The average molecular weight is 688 g/mol. The summed E-state index contributed by atoms with van der Waals surface area (Å²) in [4.78, 5) is 25.8. The highest BCUT2D eigenvalue weighted by atomic mass is 79.9. The molecule has 3 aromatic rings. The first-order valence-electron chi connectivity index (χ1n) is 14.3. The predicted molar refractivity (Wildman–Crippen MR) is 166 cm³/mol. The number of aromatic hydroxyl groups is 2. The third-order valence-corrected chi connectivity index (χ3v) is 8.97. The molecule has 0 amide bonds. The van der Waals surface area contributed by atoms with Crippen LogP contribution in [0, 0.1) is 0 Å². The predicted octanol–water partition coefficient (Wildman–Crippen LogP) is 8.59. The molecule has 1 aliphatic heterocycles. The second-order valence-electron chi connectivity index (χ2n) is 10.6. The van der Waals surface area contributed by atoms with Gasteiger partial charge in [0.05, 0.1) is 11.1 Å². The van der Waals surface area contributed by atoms with E-state index < -0.39 is 17.5 Å². The molecule has 0 saturated heterocycles. The van der Waals surface area contributed by atoms with Gasteiger partial charge >= 0.3 is 11.9 Å². The minimum atomic E-state index is -1.64. The highest BCUT2D eigenvalue weighted by Crippen LogP contribution is 2.56. The van der Waals surface area contributed by atoms with Gasteiger partial charge in [-0.05, 0) is 67.1 Å². The second kappa shape index (κ2) is 12.6. The second-order valence-corrected chi connectivity index (χ2v) is 12.3. The zero-order valence-electron chi connectivity index (χ0n) is 23.9. The molecule has 0 aromatic heterocycles. The first kappa shape index (κ1) is 31.1. The fourth-order valence-electron chi connectivity index (χ4n) is 6.06. The molecule has 1 aliphatic rings. The molecular formula is C33H36Br2O6. The Balaban J connectivity index is 2.27. The van der Waals surface area contributed by atoms with Crippen molar-refractivity contribution in [1.82, 2.24) is 0 Å². The van der Waals surface area contributed by atoms with E-state index in [-0.39, 0.29) is 22.6 Å². The van der Waals surface area contributed by atoms with Crippen molar-refractivity contribution >= 4 is 43.8 Å². The summed E-state index contributed by atoms with van der Waals surface area (Å²) in [5.74, 6) is -1.45. The quantitative estimate of drug-likeness (QED) is 0.175. The fourth-order valence-corrected chi connectivity index (χ4v) is 7.65. The first-order valence-corrected chi connectivity index (χ1v) is 15.8. The van der Waals surface area contributed by atoms with Gasteiger partial charge in [0.1, 0.15) is 11.5 Å². The van der Waals surface area contributed by atoms with E-state index in [0.717, 1.165) is 24.0 Å². The summed E-state index contributed by atoms with van der Waals surface area (Å²) in [5.41, 5.74) is 2.84. The van der Waals surface area contributed by atoms with Crippen LogP contribution in [0.25, 0.3) is 0 Å². The molecule has 218 valence electrons. The standard InChI is InChI=1S/C33H36Br2O6/c1-5-9-18-16-25(34)27(22(11-7-3)29(18)36)33(24-15-20(31(38)39)13-14-21(24)32(40)41-33)28-23(12-8-4)30(37)19(10-6-2)17-26(28)35/h13-17,36-37H,5-12H2,1-4H3,(H,38,39). The molecule has 0 atom stereocenters. The van der Waals surface area contributed by atoms with Crippen LogP contribution in [0.5, 0.6) is 11.5 Å². The molecule has 6 nitrogen and oxygen atoms in total. The number of cyclic esters (lactones) is 1. The van der Waals surface area contributed by atoms with Crippen LogP contribution in [0.1, 0.15) is 113 Å². The van der Waals surface area contributed by atoms with E-state index in [1.807, 2.05) is 39.8 Å². The van der Waals surface area contributed by atoms with Crippen LogP contribution in [-0.2, 0) is 36.0 Å². The highest BCUT2D eigenvalue weighted by molar-refractivity contribution is 9.10. The summed E-state index contributed by atoms with van der Waals surface area (Å²) in [6.07, 6.45) is 5.37. The topological polar surface area (TPSA) is 104 Å². The maximum Gasteiger partial charge on any atom is 0.340 e. The molecule has 4 rings (SSSR count). The number of aromatic carboxylic acids is 1. The van der Waals surface area contributed by atoms with Gasteiger partial charge in [0.2, 0.25) is 0 Å². The molecule has 0 spiro atoms. The number of esters is 1. The largest absolute Gasteiger partial charge is 0.507 e. The molecule has 8 heteroatoms. The van der Waals surface area contributed by atoms with Crippen LogP contribution in [0.4, 0.5) is 0 Å². The summed E-state index contributed by atoms with van der Waals surface area (Å²) < 4.78 is 7.73. The molecule has 1 heterocycles. The lowest BCUT2D eigenvalue weighted by molar-refractivity contribution is 0.0240. The molecule has 0 radical (unpaired) electrons. The van der Waals surface area contributed by atoms with E-state index in [1.54, 1.807) is 0 Å². The van der Waals surface area contributed by atoms with Gasteiger partial charge in [-0.1, -0.05) is 85.2 Å². The Hall–Kier alpha value is -2.84. The van der Waals surface area contributed by atoms with Crippen molar-refractivity contribution in [3.8, 4) is 11.5 Å². The Labute approximate surface area is 258 Å². The summed E-state index contributed by atoms with van der Waals surface area (Å²) in [5, 5.41) is 33.2. The number of hydrogen-bond acceptors (Lipinski definition) is 5. The number of benzene rings is 3. The van der Waals surface area contributed by atoms with Crippen molar-refractivity contribution in [1.29, 1.82) is 0 Å². The Bertz CT molecular complexity index is 1440. The van der Waals surface area contributed by atoms with E-state index in [9.17, 15) is 24.9 Å². The minimum Gasteiger partial charge on any atom is -0.507 e. The number of hydrogen-bond donors (Lipinski definition) is 3. The number of aryl methyl sites for hydroxylation is 2. The van der Waals surface area contributed by atoms with Crippen LogP contribution in [0.2, 0.25) is 0 Å². The molecule has 41 heavy (non-hydrogen) atoms. The average Bonchev–Trinajstić information content (AvgIpc) is 3.21. The van der Waals surface area contributed by atoms with Crippen LogP contribution >= 0.6 is 31.9 Å². The van der Waals surface area contributed by atoms with Gasteiger partial charge < -0.3 is 20.1 Å². The van der Waals surface area contributed by atoms with Crippen molar-refractivity contribution in [2.45, 2.75) is 84.7 Å². The number of halogens is 2. The van der Waals surface area contributed by atoms with E-state index in [2.05, 4.69) is 31.9 Å². The number of ether oxygens (including phenoxy) is 1. The number of rotatable bonds is 11. The highest BCUT2D eigenvalue weighted by Gasteiger charge is 2.53. The zero-order valence-corrected chi connectivity index (χ0v) is 27.0. The molecule has 3 aromatic carbocycles. The third-order valence-electron chi connectivity index (χ3n) is 7.72. The van der Waals surface area contributed by atoms with Gasteiger partial charge in [-0.2, -0.15) is 0 Å². The van der Waals surface area contributed by atoms with Crippen molar-refractivity contribution in [3.05, 3.63) is 89.3 Å². The van der Waals surface area contributed by atoms with Crippen LogP contribution in [0.3, 0.4) is 0 Å². The van der Waals surface area contributed by atoms with Gasteiger partial charge in [-0.3, -0.25) is 0 Å². The fraction of sp³-hybridized carbons (Fsp3) is 0.394. The van der Waals surface area contributed by atoms with Crippen LogP contribution < -0.4 is 0 Å². The minimum absolute atomic E-state index is 0.00593. The van der Waals surface area contributed by atoms with Gasteiger partial charge in [-0.15, -0.1) is 0 Å². The van der Waals surface area contributed by atoms with E-state index in [0.29, 0.717) is 75.3 Å². The number of carbonyl (C=O) groups is 2. The van der Waals surface area contributed by atoms with Gasteiger partial charge in [0, 0.05) is 36.8 Å². The number of carboxylic acids is 1. The Morgan fingerprint density at radius 1 is 0.780 bits per heavy atom. The number of phenols is 2. The maximum atomic E-state index is 13.7. The summed E-state index contributed by atoms with van der Waals surface area (Å²) >= 11 is 7.57. The lowest BCUT2D eigenvalue weighted by Gasteiger charge is -2.36. The monoisotopic (exact) mass is 686 g/mol. The summed E-state index contributed by atoms with van der Waals surface area (Å²) in [7, 11) is 0. The number of fused-ring (bicyclic) bond motifs is 1. The van der Waals surface area contributed by atoms with Gasteiger partial charge in [0.15, 0.2) is 5.60 Å². The van der Waals surface area contributed by atoms with Gasteiger partial charge in [0.25, 0.3) is 0 Å². The lowest BCUT2D eigenvalue weighted by atomic mass is 9.73. The van der Waals surface area contributed by atoms with Crippen molar-refractivity contribution in [3.63, 3.8) is 0 Å². The van der Waals surface area contributed by atoms with Gasteiger partial charge in [-0.25, -0.2) is 9.59 Å². The lowest BCUT2D eigenvalue weighted by Crippen LogP contribution is -2.34. The van der Waals surface area contributed by atoms with Crippen molar-refractivity contribution in [2.24, 2.45) is 0 Å². The van der Waals surface area contributed by atoms with Crippen molar-refractivity contribution < 1.29 is 29.6 Å². The molecule has 0 fully saturated rings. The zero-order chi connectivity index (χ0) is 30.1. The van der Waals surface area contributed by atoms with Crippen LogP contribution in [0.15, 0.2) is 39.3 Å². The number of phenolic OH excluding ortho intramolecular Hbond substituents is 2. The molecule has 0 saturated carbocycles. The third kappa shape index (κ3) is 5.29. The van der Waals surface area contributed by atoms with E-state index in [1.165, 1.54) is 18.2 Å². The summed E-state index contributed by atoms with van der Waals surface area (Å²) in [6.45, 7) is 8.10. The number of carbonyl (C=O) groups excluding carboxylic acids is 1. The molecular weight excluding hydrogens is 652 g/mol. The molecule has 0 unspecified atom stereocenters. The Morgan fingerprint density at radius 2 is 1.24 bits per heavy atom. The van der Waals surface area contributed by atoms with E-state index in [4.69, 9.17) is 4.74 Å². The molecule has 0 aliphatic carbocycles. The molecule has 3 N–H and O–H groups in total.